The van der Waals surface area contributed by atoms with Gasteiger partial charge in [-0.3, -0.25) is 4.79 Å². The number of phenolic OH excluding ortho intramolecular Hbond substituents is 2. The fourth-order valence-corrected chi connectivity index (χ4v) is 3.77. The molecule has 0 bridgehead atoms. The van der Waals surface area contributed by atoms with Gasteiger partial charge in [-0.2, -0.15) is 0 Å². The number of Topliss-reactive ketones (excluding diaryl/α,β-unsaturated/α-hetero) is 1. The topological polar surface area (TPSA) is 57.5 Å². The van der Waals surface area contributed by atoms with Crippen LogP contribution in [0.5, 0.6) is 11.5 Å². The van der Waals surface area contributed by atoms with Crippen LogP contribution in [0.4, 0.5) is 0 Å². The molecule has 2 rings (SSSR count). The molecule has 5 heteroatoms. The molecule has 0 heterocycles. The zero-order valence-corrected chi connectivity index (χ0v) is 14.9. The Hall–Kier alpha value is -1.33. The number of ketones is 1. The van der Waals surface area contributed by atoms with Crippen LogP contribution in [-0.2, 0) is 4.79 Å². The summed E-state index contributed by atoms with van der Waals surface area (Å²) < 4.78 is 0. The average molecular weight is 428 g/mol. The summed E-state index contributed by atoms with van der Waals surface area (Å²) in [7, 11) is 0. The number of alkyl halides is 2. The van der Waals surface area contributed by atoms with Crippen LogP contribution in [0.25, 0.3) is 0 Å². The van der Waals surface area contributed by atoms with E-state index in [1.165, 1.54) is 0 Å². The molecule has 2 aromatic rings. The van der Waals surface area contributed by atoms with E-state index >= 15 is 0 Å². The first-order valence-electron chi connectivity index (χ1n) is 6.80. The van der Waals surface area contributed by atoms with E-state index < -0.39 is 0 Å². The van der Waals surface area contributed by atoms with E-state index in [1.54, 1.807) is 36.4 Å². The Morgan fingerprint density at radius 3 is 1.59 bits per heavy atom. The number of hydrogen-bond donors (Lipinski definition) is 2. The highest BCUT2D eigenvalue weighted by atomic mass is 79.9. The van der Waals surface area contributed by atoms with Crippen molar-refractivity contribution in [3.63, 3.8) is 0 Å². The predicted octanol–water partition coefficient (Wildman–Crippen LogP) is 4.32. The van der Waals surface area contributed by atoms with Crippen molar-refractivity contribution in [2.75, 3.05) is 10.7 Å². The lowest BCUT2D eigenvalue weighted by atomic mass is 9.85. The van der Waals surface area contributed by atoms with E-state index in [1.807, 2.05) is 12.1 Å². The largest absolute Gasteiger partial charge is 0.508 e. The minimum atomic E-state index is -0.364. The molecule has 2 unspecified atom stereocenters. The molecule has 0 aromatic heterocycles. The van der Waals surface area contributed by atoms with Gasteiger partial charge < -0.3 is 10.2 Å². The molecule has 0 spiro atoms. The highest BCUT2D eigenvalue weighted by molar-refractivity contribution is 9.09. The molecule has 2 aromatic carbocycles. The van der Waals surface area contributed by atoms with E-state index in [4.69, 9.17) is 0 Å². The van der Waals surface area contributed by atoms with Gasteiger partial charge in [-0.15, -0.1) is 0 Å². The maximum absolute atomic E-state index is 12.9. The number of aromatic hydroxyl groups is 2. The molecule has 0 saturated carbocycles. The Morgan fingerprint density at radius 1 is 0.864 bits per heavy atom. The van der Waals surface area contributed by atoms with E-state index in [0.717, 1.165) is 11.1 Å². The van der Waals surface area contributed by atoms with Crippen LogP contribution in [0.2, 0.25) is 0 Å². The highest BCUT2D eigenvalue weighted by Crippen LogP contribution is 2.31. The van der Waals surface area contributed by atoms with Crippen molar-refractivity contribution in [2.45, 2.75) is 11.8 Å². The van der Waals surface area contributed by atoms with Crippen molar-refractivity contribution in [3.05, 3.63) is 59.7 Å². The number of phenols is 2. The summed E-state index contributed by atoms with van der Waals surface area (Å²) in [4.78, 5) is 12.9. The van der Waals surface area contributed by atoms with Gasteiger partial charge in [0, 0.05) is 10.7 Å². The van der Waals surface area contributed by atoms with Crippen molar-refractivity contribution in [1.29, 1.82) is 0 Å². The lowest BCUT2D eigenvalue weighted by Gasteiger charge is -2.20. The summed E-state index contributed by atoms with van der Waals surface area (Å²) in [6.07, 6.45) is 0. The predicted molar refractivity (Wildman–Crippen MR) is 94.3 cm³/mol. The third-order valence-electron chi connectivity index (χ3n) is 3.54. The summed E-state index contributed by atoms with van der Waals surface area (Å²) in [6, 6.07) is 13.5. The van der Waals surface area contributed by atoms with E-state index in [2.05, 4.69) is 31.9 Å². The molecule has 3 nitrogen and oxygen atoms in total. The average Bonchev–Trinajstić information content (AvgIpc) is 2.49. The normalized spacial score (nSPS) is 13.5. The van der Waals surface area contributed by atoms with Gasteiger partial charge >= 0.3 is 0 Å². The van der Waals surface area contributed by atoms with Gasteiger partial charge in [0.05, 0.1) is 11.8 Å². The van der Waals surface area contributed by atoms with Crippen LogP contribution in [0.3, 0.4) is 0 Å². The maximum Gasteiger partial charge on any atom is 0.149 e. The van der Waals surface area contributed by atoms with Gasteiger partial charge in [0.25, 0.3) is 0 Å². The number of rotatable bonds is 6. The standard InChI is InChI=1S/C17H16Br2O3/c18-9-15(11-3-1-5-13(20)7-11)17(22)16(10-19)12-4-2-6-14(21)8-12/h1-8,15-16,20-21H,9-10H2. The van der Waals surface area contributed by atoms with Crippen LogP contribution in [0.1, 0.15) is 23.0 Å². The molecule has 0 amide bonds. The van der Waals surface area contributed by atoms with Crippen molar-refractivity contribution in [3.8, 4) is 11.5 Å². The SMILES string of the molecule is O=C(C(CBr)c1cccc(O)c1)C(CBr)c1cccc(O)c1. The van der Waals surface area contributed by atoms with Gasteiger partial charge in [-0.05, 0) is 35.4 Å². The number of hydrogen-bond acceptors (Lipinski definition) is 3. The molecule has 2 atom stereocenters. The molecule has 0 fully saturated rings. The molecular weight excluding hydrogens is 412 g/mol. The summed E-state index contributed by atoms with van der Waals surface area (Å²) in [5.74, 6) is -0.410. The van der Waals surface area contributed by atoms with Crippen LogP contribution in [-0.4, -0.2) is 26.7 Å². The molecule has 0 saturated heterocycles. The summed E-state index contributed by atoms with van der Waals surface area (Å²) >= 11 is 6.79. The Bertz CT molecular complexity index is 602. The number of benzene rings is 2. The zero-order chi connectivity index (χ0) is 16.1. The minimum Gasteiger partial charge on any atom is -0.508 e. The van der Waals surface area contributed by atoms with Crippen molar-refractivity contribution in [1.82, 2.24) is 0 Å². The summed E-state index contributed by atoms with van der Waals surface area (Å²) in [5, 5.41) is 20.2. The Morgan fingerprint density at radius 2 is 1.27 bits per heavy atom. The highest BCUT2D eigenvalue weighted by Gasteiger charge is 2.28. The molecule has 0 aliphatic heterocycles. The van der Waals surface area contributed by atoms with Crippen molar-refractivity contribution >= 4 is 37.6 Å². The monoisotopic (exact) mass is 426 g/mol. The first-order valence-corrected chi connectivity index (χ1v) is 9.04. The van der Waals surface area contributed by atoms with Crippen LogP contribution in [0.15, 0.2) is 48.5 Å². The van der Waals surface area contributed by atoms with E-state index in [-0.39, 0.29) is 29.1 Å². The lowest BCUT2D eigenvalue weighted by molar-refractivity contribution is -0.121. The van der Waals surface area contributed by atoms with Gasteiger partial charge in [-0.25, -0.2) is 0 Å². The summed E-state index contributed by atoms with van der Waals surface area (Å²) in [5.41, 5.74) is 1.54. The first kappa shape index (κ1) is 17.0. The second kappa shape index (κ2) is 7.79. The van der Waals surface area contributed by atoms with Crippen LogP contribution < -0.4 is 0 Å². The smallest absolute Gasteiger partial charge is 0.149 e. The second-order valence-electron chi connectivity index (χ2n) is 5.01. The molecule has 0 aliphatic rings. The Kier molecular flexibility index (Phi) is 6.03. The molecular formula is C17H16Br2O3. The lowest BCUT2D eigenvalue weighted by Crippen LogP contribution is -2.23. The van der Waals surface area contributed by atoms with Gasteiger partial charge in [0.15, 0.2) is 0 Å². The third kappa shape index (κ3) is 3.90. The molecule has 22 heavy (non-hydrogen) atoms. The fourth-order valence-electron chi connectivity index (χ4n) is 2.38. The van der Waals surface area contributed by atoms with Crippen molar-refractivity contribution in [2.24, 2.45) is 0 Å². The third-order valence-corrected chi connectivity index (χ3v) is 4.84. The molecule has 2 N–H and O–H groups in total. The Balaban J connectivity index is 2.33. The molecule has 0 aliphatic carbocycles. The number of carbonyl (C=O) groups excluding carboxylic acids is 1. The zero-order valence-electron chi connectivity index (χ0n) is 11.7. The molecule has 0 radical (unpaired) electrons. The van der Waals surface area contributed by atoms with Crippen LogP contribution in [0, 0.1) is 0 Å². The van der Waals surface area contributed by atoms with Crippen LogP contribution >= 0.6 is 31.9 Å². The maximum atomic E-state index is 12.9. The van der Waals surface area contributed by atoms with Gasteiger partial charge in [-0.1, -0.05) is 56.1 Å². The second-order valence-corrected chi connectivity index (χ2v) is 6.30. The van der Waals surface area contributed by atoms with Gasteiger partial charge in [0.1, 0.15) is 17.3 Å². The number of halogens is 2. The first-order chi connectivity index (χ1) is 10.6. The quantitative estimate of drug-likeness (QED) is 0.674. The van der Waals surface area contributed by atoms with Gasteiger partial charge in [0.2, 0.25) is 0 Å². The van der Waals surface area contributed by atoms with Crippen molar-refractivity contribution < 1.29 is 15.0 Å². The van der Waals surface area contributed by atoms with E-state index in [0.29, 0.717) is 10.7 Å². The summed E-state index contributed by atoms with van der Waals surface area (Å²) in [6.45, 7) is 0. The van der Waals surface area contributed by atoms with E-state index in [9.17, 15) is 15.0 Å². The molecule has 116 valence electrons. The minimum absolute atomic E-state index is 0.0324. The fraction of sp³-hybridized carbons (Fsp3) is 0.235. The Labute approximate surface area is 146 Å². The number of carbonyl (C=O) groups is 1.